The molecule has 2 aromatic heterocycles. The van der Waals surface area contributed by atoms with E-state index in [2.05, 4.69) is 256 Å². The minimum absolute atomic E-state index is 0. The molecule has 67 heavy (non-hydrogen) atoms. The molecule has 11 rings (SSSR count). The summed E-state index contributed by atoms with van der Waals surface area (Å²) in [7, 11) is -2.74. The van der Waals surface area contributed by atoms with Crippen molar-refractivity contribution in [2.75, 3.05) is 0 Å². The van der Waals surface area contributed by atoms with Crippen LogP contribution in [-0.2, 0) is 17.1 Å². The molecule has 0 saturated heterocycles. The summed E-state index contributed by atoms with van der Waals surface area (Å²) in [4.78, 5) is 9.29. The average molecular weight is 953 g/mol. The number of nitrogens with zero attached hydrogens (tertiary/aromatic N) is 2. The second-order valence-electron chi connectivity index (χ2n) is 17.7. The summed E-state index contributed by atoms with van der Waals surface area (Å²) in [6.45, 7) is 8.77. The van der Waals surface area contributed by atoms with Crippen LogP contribution in [0.5, 0.6) is 0 Å². The van der Waals surface area contributed by atoms with Crippen molar-refractivity contribution in [3.05, 3.63) is 242 Å². The maximum atomic E-state index is 4.64. The molecular formula is C62H54CuN2P2+2. The van der Waals surface area contributed by atoms with Crippen molar-refractivity contribution in [2.24, 2.45) is 0 Å². The van der Waals surface area contributed by atoms with Crippen LogP contribution in [0.25, 0.3) is 54.5 Å². The van der Waals surface area contributed by atoms with Gasteiger partial charge < -0.3 is 0 Å². The zero-order valence-corrected chi connectivity index (χ0v) is 41.2. The molecule has 0 aliphatic rings. The molecule has 0 unspecified atom stereocenters. The standard InChI is InChI=1S/C44H32P2.C18H20N2.Cu/c1-5-19-35(20-6-1)45(36-21-7-2-8-22-36)41-31-29-33-17-13-15-27-39(33)43(41)44-40-28-16-14-18-34(40)30-32-42(44)46(37-23-9-3-10-24-37)38-25-11-4-12-26-38;1-11(2)15-7-13-5-6-14-8-16(12(3)4)10-20-18(14)17(13)19-9-15;/h1-32H;5-12H,1-4H3;/p+2. The Morgan fingerprint density at radius 2 is 0.627 bits per heavy atom. The van der Waals surface area contributed by atoms with Gasteiger partial charge in [0.05, 0.1) is 26.9 Å². The molecule has 5 heteroatoms. The first kappa shape index (κ1) is 45.8. The summed E-state index contributed by atoms with van der Waals surface area (Å²) >= 11 is 0. The van der Waals surface area contributed by atoms with Crippen molar-refractivity contribution >= 4 is 91.0 Å². The van der Waals surface area contributed by atoms with Crippen LogP contribution in [0.4, 0.5) is 0 Å². The summed E-state index contributed by atoms with van der Waals surface area (Å²) in [6, 6.07) is 81.0. The third-order valence-corrected chi connectivity index (χ3v) is 18.3. The summed E-state index contributed by atoms with van der Waals surface area (Å²) in [5, 5.41) is 16.0. The first-order valence-corrected chi connectivity index (χ1v) is 26.1. The Hall–Kier alpha value is -6.30. The molecule has 9 aromatic carbocycles. The van der Waals surface area contributed by atoms with Crippen LogP contribution in [0.3, 0.4) is 0 Å². The topological polar surface area (TPSA) is 25.8 Å². The third kappa shape index (κ3) is 9.49. The van der Waals surface area contributed by atoms with Gasteiger partial charge >= 0.3 is 0 Å². The molecule has 0 aliphatic carbocycles. The van der Waals surface area contributed by atoms with Crippen molar-refractivity contribution in [1.82, 2.24) is 9.97 Å². The van der Waals surface area contributed by atoms with Crippen LogP contribution in [-0.4, -0.2) is 9.97 Å². The zero-order valence-electron chi connectivity index (χ0n) is 38.3. The molecule has 0 aliphatic heterocycles. The third-order valence-electron chi connectivity index (χ3n) is 12.8. The maximum absolute atomic E-state index is 4.64. The van der Waals surface area contributed by atoms with Gasteiger partial charge in [0.15, 0.2) is 0 Å². The Kier molecular flexibility index (Phi) is 14.2. The molecule has 2 heterocycles. The second kappa shape index (κ2) is 20.7. The van der Waals surface area contributed by atoms with E-state index >= 15 is 0 Å². The zero-order chi connectivity index (χ0) is 45.0. The minimum Gasteiger partial charge on any atom is -0.254 e. The summed E-state index contributed by atoms with van der Waals surface area (Å²) in [5.74, 6) is 0.998. The second-order valence-corrected chi connectivity index (χ2v) is 22.6. The van der Waals surface area contributed by atoms with Crippen molar-refractivity contribution in [2.45, 2.75) is 39.5 Å². The van der Waals surface area contributed by atoms with Gasteiger partial charge in [-0.05, 0) is 117 Å². The van der Waals surface area contributed by atoms with Gasteiger partial charge in [-0.2, -0.15) is 0 Å². The Morgan fingerprint density at radius 3 is 0.955 bits per heavy atom. The Labute approximate surface area is 408 Å². The molecular weight excluding hydrogens is 898 g/mol. The molecule has 0 fully saturated rings. The number of pyridine rings is 2. The molecule has 331 valence electrons. The number of benzene rings is 9. The Bertz CT molecular complexity index is 3120. The largest absolute Gasteiger partial charge is 0.254 e. The van der Waals surface area contributed by atoms with E-state index in [0.717, 1.165) is 11.0 Å². The van der Waals surface area contributed by atoms with Crippen LogP contribution >= 0.6 is 15.8 Å². The predicted molar refractivity (Wildman–Crippen MR) is 292 cm³/mol. The Balaban J connectivity index is 0.000000224. The van der Waals surface area contributed by atoms with Crippen LogP contribution in [0.2, 0.25) is 0 Å². The fraction of sp³-hybridized carbons (Fsp3) is 0.0968. The summed E-state index contributed by atoms with van der Waals surface area (Å²) < 4.78 is 0. The summed E-state index contributed by atoms with van der Waals surface area (Å²) in [6.07, 6.45) is 3.95. The van der Waals surface area contributed by atoms with Crippen LogP contribution in [0.1, 0.15) is 50.7 Å². The van der Waals surface area contributed by atoms with E-state index in [9.17, 15) is 0 Å². The monoisotopic (exact) mass is 951 g/mol. The SMILES string of the molecule is CC(C)c1cnc2c(ccc3cc(C(C)C)cnc32)c1.[Cu].c1ccc([PH+](c2ccccc2)c2ccc3ccccc3c2-c2c([PH+](c3ccccc3)c3ccccc3)ccc3ccccc23)cc1. The van der Waals surface area contributed by atoms with Gasteiger partial charge in [0.2, 0.25) is 0 Å². The molecule has 0 bridgehead atoms. The molecule has 0 spiro atoms. The molecule has 0 saturated carbocycles. The average Bonchev–Trinajstić information content (AvgIpc) is 3.37. The van der Waals surface area contributed by atoms with Gasteiger partial charge in [-0.1, -0.05) is 173 Å². The van der Waals surface area contributed by atoms with Crippen molar-refractivity contribution in [3.8, 4) is 11.1 Å². The van der Waals surface area contributed by atoms with Crippen molar-refractivity contribution in [3.63, 3.8) is 0 Å². The van der Waals surface area contributed by atoms with E-state index in [1.165, 1.54) is 86.4 Å². The van der Waals surface area contributed by atoms with Crippen molar-refractivity contribution in [1.29, 1.82) is 0 Å². The number of hydrogen-bond acceptors (Lipinski definition) is 2. The smallest absolute Gasteiger partial charge is 0.111 e. The van der Waals surface area contributed by atoms with E-state index in [-0.39, 0.29) is 17.1 Å². The van der Waals surface area contributed by atoms with Gasteiger partial charge in [-0.3, -0.25) is 9.97 Å². The van der Waals surface area contributed by atoms with Gasteiger partial charge in [-0.15, -0.1) is 0 Å². The molecule has 1 radical (unpaired) electrons. The van der Waals surface area contributed by atoms with Gasteiger partial charge in [-0.25, -0.2) is 0 Å². The van der Waals surface area contributed by atoms with Gasteiger partial charge in [0.1, 0.15) is 31.8 Å². The normalized spacial score (nSPS) is 11.4. The van der Waals surface area contributed by atoms with E-state index in [4.69, 9.17) is 0 Å². The van der Waals surface area contributed by atoms with E-state index in [0.29, 0.717) is 11.8 Å². The quantitative estimate of drug-likeness (QED) is 0.0818. The van der Waals surface area contributed by atoms with Gasteiger partial charge in [0, 0.05) is 51.4 Å². The minimum atomic E-state index is -1.37. The number of aromatic nitrogens is 2. The molecule has 0 amide bonds. The number of rotatable bonds is 9. The Morgan fingerprint density at radius 1 is 0.328 bits per heavy atom. The number of fused-ring (bicyclic) bond motifs is 5. The van der Waals surface area contributed by atoms with Crippen LogP contribution in [0.15, 0.2) is 231 Å². The van der Waals surface area contributed by atoms with E-state index in [1.807, 2.05) is 12.4 Å². The summed E-state index contributed by atoms with van der Waals surface area (Å²) in [5.41, 5.74) is 7.30. The molecule has 0 atom stereocenters. The van der Waals surface area contributed by atoms with Crippen LogP contribution < -0.4 is 31.8 Å². The van der Waals surface area contributed by atoms with E-state index < -0.39 is 15.8 Å². The molecule has 11 aromatic rings. The van der Waals surface area contributed by atoms with E-state index in [1.54, 1.807) is 0 Å². The fourth-order valence-electron chi connectivity index (χ4n) is 9.33. The van der Waals surface area contributed by atoms with Crippen molar-refractivity contribution < 1.29 is 17.1 Å². The predicted octanol–water partition coefficient (Wildman–Crippen LogP) is 13.7. The molecule has 2 nitrogen and oxygen atoms in total. The number of hydrogen-bond donors (Lipinski definition) is 0. The maximum Gasteiger partial charge on any atom is 0.111 e. The van der Waals surface area contributed by atoms with Crippen LogP contribution in [0, 0.1) is 0 Å². The first-order chi connectivity index (χ1) is 32.4. The molecule has 0 N–H and O–H groups in total. The first-order valence-electron chi connectivity index (χ1n) is 23.1. The fourth-order valence-corrected chi connectivity index (χ4v) is 14.9. The van der Waals surface area contributed by atoms with Gasteiger partial charge in [0.25, 0.3) is 0 Å².